The maximum absolute atomic E-state index is 4.61. The first kappa shape index (κ1) is 16.1. The molecular weight excluding hydrogens is 292 g/mol. The fourth-order valence-electron chi connectivity index (χ4n) is 4.29. The number of hydrogen-bond donors (Lipinski definition) is 0. The van der Waals surface area contributed by atoms with Gasteiger partial charge >= 0.3 is 0 Å². The summed E-state index contributed by atoms with van der Waals surface area (Å²) in [6.45, 7) is 8.39. The molecule has 1 saturated heterocycles. The van der Waals surface area contributed by atoms with E-state index in [4.69, 9.17) is 0 Å². The quantitative estimate of drug-likeness (QED) is 0.755. The van der Waals surface area contributed by atoms with Crippen molar-refractivity contribution < 1.29 is 0 Å². The molecule has 24 heavy (non-hydrogen) atoms. The van der Waals surface area contributed by atoms with Crippen LogP contribution >= 0.6 is 0 Å². The summed E-state index contributed by atoms with van der Waals surface area (Å²) in [6.07, 6.45) is 10.3. The van der Waals surface area contributed by atoms with Crippen LogP contribution in [0, 0.1) is 5.41 Å². The normalized spacial score (nSPS) is 20.1. The molecule has 128 valence electrons. The summed E-state index contributed by atoms with van der Waals surface area (Å²) in [7, 11) is 0. The summed E-state index contributed by atoms with van der Waals surface area (Å²) < 4.78 is 0. The Labute approximate surface area is 146 Å². The second kappa shape index (κ2) is 6.48. The molecule has 0 unspecified atom stereocenters. The molecular formula is C22H30N2. The van der Waals surface area contributed by atoms with E-state index in [2.05, 4.69) is 48.0 Å². The van der Waals surface area contributed by atoms with Gasteiger partial charge in [-0.15, -0.1) is 0 Å². The number of likely N-dealkylation sites (tertiary alicyclic amines) is 1. The van der Waals surface area contributed by atoms with Gasteiger partial charge in [0.05, 0.1) is 5.69 Å². The van der Waals surface area contributed by atoms with Crippen molar-refractivity contribution in [2.75, 3.05) is 19.6 Å². The second-order valence-electron chi connectivity index (χ2n) is 8.35. The van der Waals surface area contributed by atoms with Gasteiger partial charge in [-0.05, 0) is 92.6 Å². The van der Waals surface area contributed by atoms with Gasteiger partial charge in [0.15, 0.2) is 0 Å². The first-order valence-corrected chi connectivity index (χ1v) is 9.75. The van der Waals surface area contributed by atoms with E-state index < -0.39 is 0 Å². The number of hydrogen-bond acceptors (Lipinski definition) is 2. The van der Waals surface area contributed by atoms with E-state index in [9.17, 15) is 0 Å². The number of rotatable bonds is 5. The summed E-state index contributed by atoms with van der Waals surface area (Å²) in [5.41, 5.74) is 3.50. The highest BCUT2D eigenvalue weighted by atomic mass is 15.1. The zero-order chi connectivity index (χ0) is 16.6. The molecule has 1 aromatic carbocycles. The van der Waals surface area contributed by atoms with Crippen LogP contribution in [-0.4, -0.2) is 29.5 Å². The van der Waals surface area contributed by atoms with E-state index in [-0.39, 0.29) is 0 Å². The highest BCUT2D eigenvalue weighted by Crippen LogP contribution is 2.53. The summed E-state index contributed by atoms with van der Waals surface area (Å²) in [4.78, 5) is 7.30. The van der Waals surface area contributed by atoms with Crippen molar-refractivity contribution in [1.82, 2.24) is 9.88 Å². The van der Waals surface area contributed by atoms with Crippen LogP contribution in [0.5, 0.6) is 0 Å². The third kappa shape index (κ3) is 3.35. The number of piperidine rings is 1. The van der Waals surface area contributed by atoms with Gasteiger partial charge in [0.25, 0.3) is 0 Å². The minimum atomic E-state index is 0.479. The van der Waals surface area contributed by atoms with Crippen LogP contribution in [0.25, 0.3) is 10.8 Å². The van der Waals surface area contributed by atoms with Gasteiger partial charge in [-0.3, -0.25) is 4.98 Å². The van der Waals surface area contributed by atoms with Gasteiger partial charge in [0, 0.05) is 11.6 Å². The molecule has 0 bridgehead atoms. The van der Waals surface area contributed by atoms with Crippen LogP contribution in [0.4, 0.5) is 0 Å². The number of fused-ring (bicyclic) bond motifs is 1. The van der Waals surface area contributed by atoms with Gasteiger partial charge in [0.2, 0.25) is 0 Å². The number of aryl methyl sites for hydroxylation is 1. The van der Waals surface area contributed by atoms with Crippen molar-refractivity contribution in [3.63, 3.8) is 0 Å². The van der Waals surface area contributed by atoms with Crippen LogP contribution in [0.15, 0.2) is 30.5 Å². The van der Waals surface area contributed by atoms with Crippen molar-refractivity contribution in [2.45, 2.75) is 58.3 Å². The van der Waals surface area contributed by atoms with Crippen molar-refractivity contribution >= 4 is 10.8 Å². The SMILES string of the molecule is CC(C)c1nccc2ccc(CCCN3CCC4(CC3)CC4)cc12. The van der Waals surface area contributed by atoms with E-state index >= 15 is 0 Å². The van der Waals surface area contributed by atoms with Gasteiger partial charge < -0.3 is 4.90 Å². The van der Waals surface area contributed by atoms with Gasteiger partial charge in [-0.2, -0.15) is 0 Å². The Morgan fingerprint density at radius 2 is 1.88 bits per heavy atom. The third-order valence-corrected chi connectivity index (χ3v) is 6.22. The van der Waals surface area contributed by atoms with Crippen molar-refractivity contribution in [2.24, 2.45) is 5.41 Å². The summed E-state index contributed by atoms with van der Waals surface area (Å²) in [6, 6.07) is 9.09. The Hall–Kier alpha value is -1.41. The predicted octanol–water partition coefficient (Wildman–Crippen LogP) is 5.17. The van der Waals surface area contributed by atoms with Crippen LogP contribution < -0.4 is 0 Å². The highest BCUT2D eigenvalue weighted by molar-refractivity contribution is 5.85. The number of benzene rings is 1. The molecule has 2 nitrogen and oxygen atoms in total. The molecule has 1 saturated carbocycles. The van der Waals surface area contributed by atoms with E-state index in [1.54, 1.807) is 0 Å². The first-order chi connectivity index (χ1) is 11.7. The Morgan fingerprint density at radius 3 is 2.58 bits per heavy atom. The zero-order valence-corrected chi connectivity index (χ0v) is 15.2. The molecule has 0 amide bonds. The molecule has 1 aromatic heterocycles. The van der Waals surface area contributed by atoms with Gasteiger partial charge in [0.1, 0.15) is 0 Å². The molecule has 0 radical (unpaired) electrons. The molecule has 1 aliphatic carbocycles. The molecule has 2 heterocycles. The molecule has 0 atom stereocenters. The summed E-state index contributed by atoms with van der Waals surface area (Å²) in [5, 5.41) is 2.67. The van der Waals surface area contributed by atoms with E-state index in [1.807, 2.05) is 6.20 Å². The monoisotopic (exact) mass is 322 g/mol. The lowest BCUT2D eigenvalue weighted by molar-refractivity contribution is 0.171. The smallest absolute Gasteiger partial charge is 0.0507 e. The molecule has 0 N–H and O–H groups in total. The standard InChI is InChI=1S/C22H30N2/c1-17(2)21-20-16-18(5-6-19(20)7-12-23-21)4-3-13-24-14-10-22(8-9-22)11-15-24/h5-7,12,16-17H,3-4,8-11,13-15H2,1-2H3. The van der Waals surface area contributed by atoms with Gasteiger partial charge in [-0.1, -0.05) is 26.0 Å². The van der Waals surface area contributed by atoms with Crippen LogP contribution in [0.3, 0.4) is 0 Å². The highest BCUT2D eigenvalue weighted by Gasteiger charge is 2.44. The summed E-state index contributed by atoms with van der Waals surface area (Å²) in [5.74, 6) is 0.479. The number of aromatic nitrogens is 1. The lowest BCUT2D eigenvalue weighted by atomic mass is 9.93. The third-order valence-electron chi connectivity index (χ3n) is 6.22. The van der Waals surface area contributed by atoms with E-state index in [0.29, 0.717) is 5.92 Å². The summed E-state index contributed by atoms with van der Waals surface area (Å²) >= 11 is 0. The van der Waals surface area contributed by atoms with Crippen molar-refractivity contribution in [3.05, 3.63) is 41.7 Å². The van der Waals surface area contributed by atoms with E-state index in [1.165, 1.54) is 80.2 Å². The fraction of sp³-hybridized carbons (Fsp3) is 0.591. The second-order valence-corrected chi connectivity index (χ2v) is 8.35. The Balaban J connectivity index is 1.37. The molecule has 2 aliphatic rings. The molecule has 4 rings (SSSR count). The van der Waals surface area contributed by atoms with Crippen molar-refractivity contribution in [1.29, 1.82) is 0 Å². The predicted molar refractivity (Wildman–Crippen MR) is 101 cm³/mol. The van der Waals surface area contributed by atoms with Gasteiger partial charge in [-0.25, -0.2) is 0 Å². The van der Waals surface area contributed by atoms with Crippen LogP contribution in [0.1, 0.15) is 63.1 Å². The molecule has 2 fully saturated rings. The maximum Gasteiger partial charge on any atom is 0.0507 e. The first-order valence-electron chi connectivity index (χ1n) is 9.75. The number of pyridine rings is 1. The largest absolute Gasteiger partial charge is 0.303 e. The Kier molecular flexibility index (Phi) is 4.34. The lowest BCUT2D eigenvalue weighted by Crippen LogP contribution is -2.35. The zero-order valence-electron chi connectivity index (χ0n) is 15.2. The molecule has 2 heteroatoms. The van der Waals surface area contributed by atoms with Crippen LogP contribution in [0.2, 0.25) is 0 Å². The maximum atomic E-state index is 4.61. The number of nitrogens with zero attached hydrogens (tertiary/aromatic N) is 2. The molecule has 1 aliphatic heterocycles. The van der Waals surface area contributed by atoms with Crippen molar-refractivity contribution in [3.8, 4) is 0 Å². The minimum absolute atomic E-state index is 0.479. The topological polar surface area (TPSA) is 16.1 Å². The van der Waals surface area contributed by atoms with Crippen LogP contribution in [-0.2, 0) is 6.42 Å². The fourth-order valence-corrected chi connectivity index (χ4v) is 4.29. The average Bonchev–Trinajstić information content (AvgIpc) is 3.35. The molecule has 2 aromatic rings. The molecule has 1 spiro atoms. The lowest BCUT2D eigenvalue weighted by Gasteiger charge is -2.32. The average molecular weight is 322 g/mol. The van der Waals surface area contributed by atoms with E-state index in [0.717, 1.165) is 5.41 Å². The Morgan fingerprint density at radius 1 is 1.08 bits per heavy atom. The Bertz CT molecular complexity index is 705. The minimum Gasteiger partial charge on any atom is -0.303 e.